The van der Waals surface area contributed by atoms with E-state index in [9.17, 15) is 9.59 Å². The van der Waals surface area contributed by atoms with Crippen molar-refractivity contribution in [1.29, 1.82) is 0 Å². The van der Waals surface area contributed by atoms with Crippen molar-refractivity contribution in [3.63, 3.8) is 0 Å². The molecule has 1 fully saturated rings. The van der Waals surface area contributed by atoms with Gasteiger partial charge in [-0.05, 0) is 37.1 Å². The number of rotatable bonds is 5. The molecule has 2 aromatic rings. The first-order valence-electron chi connectivity index (χ1n) is 9.00. The molecule has 0 radical (unpaired) electrons. The monoisotopic (exact) mass is 386 g/mol. The summed E-state index contributed by atoms with van der Waals surface area (Å²) in [6.45, 7) is 1.39. The van der Waals surface area contributed by atoms with Gasteiger partial charge in [-0.15, -0.1) is 0 Å². The molecular formula is C20H23ClN4O2. The summed E-state index contributed by atoms with van der Waals surface area (Å²) < 4.78 is 0. The van der Waals surface area contributed by atoms with Crippen LogP contribution in [0.1, 0.15) is 12.8 Å². The molecular weight excluding hydrogens is 364 g/mol. The summed E-state index contributed by atoms with van der Waals surface area (Å²) in [6.07, 6.45) is 1.47. The van der Waals surface area contributed by atoms with E-state index in [1.165, 1.54) is 0 Å². The Balaban J connectivity index is 1.39. The molecule has 7 heteroatoms. The molecule has 0 aliphatic carbocycles. The van der Waals surface area contributed by atoms with Crippen LogP contribution in [0.25, 0.3) is 0 Å². The lowest BCUT2D eigenvalue weighted by Gasteiger charge is -2.32. The quantitative estimate of drug-likeness (QED) is 0.735. The molecule has 3 rings (SSSR count). The van der Waals surface area contributed by atoms with Gasteiger partial charge >= 0.3 is 6.03 Å². The number of urea groups is 1. The summed E-state index contributed by atoms with van der Waals surface area (Å²) in [5, 5.41) is 9.53. The van der Waals surface area contributed by atoms with E-state index in [0.717, 1.165) is 24.2 Å². The Hall–Kier alpha value is -2.73. The van der Waals surface area contributed by atoms with E-state index in [1.807, 2.05) is 48.5 Å². The molecule has 0 atom stereocenters. The Labute approximate surface area is 163 Å². The highest BCUT2D eigenvalue weighted by Gasteiger charge is 2.23. The third-order valence-corrected chi connectivity index (χ3v) is 4.82. The Kier molecular flexibility index (Phi) is 6.54. The number of likely N-dealkylation sites (tertiary alicyclic amines) is 1. The number of para-hydroxylation sites is 2. The van der Waals surface area contributed by atoms with Gasteiger partial charge < -0.3 is 20.9 Å². The first-order chi connectivity index (χ1) is 13.1. The normalized spacial score (nSPS) is 14.5. The summed E-state index contributed by atoms with van der Waals surface area (Å²) in [4.78, 5) is 26.2. The Bertz CT molecular complexity index is 777. The molecule has 1 aliphatic heterocycles. The fourth-order valence-electron chi connectivity index (χ4n) is 3.01. The molecule has 27 heavy (non-hydrogen) atoms. The lowest BCUT2D eigenvalue weighted by molar-refractivity contribution is -0.120. The second kappa shape index (κ2) is 9.28. The Morgan fingerprint density at radius 3 is 2.37 bits per heavy atom. The summed E-state index contributed by atoms with van der Waals surface area (Å²) >= 11 is 6.07. The summed E-state index contributed by atoms with van der Waals surface area (Å²) in [6, 6.07) is 16.7. The minimum atomic E-state index is -0.105. The Morgan fingerprint density at radius 2 is 1.67 bits per heavy atom. The molecule has 0 unspecified atom stereocenters. The maximum Gasteiger partial charge on any atom is 0.321 e. The number of nitrogens with one attached hydrogen (secondary N) is 3. The molecule has 1 saturated heterocycles. The number of benzene rings is 2. The number of halogens is 1. The lowest BCUT2D eigenvalue weighted by atomic mass is 10.1. The predicted molar refractivity (Wildman–Crippen MR) is 108 cm³/mol. The molecule has 3 N–H and O–H groups in total. The van der Waals surface area contributed by atoms with Crippen molar-refractivity contribution >= 4 is 34.9 Å². The first-order valence-corrected chi connectivity index (χ1v) is 9.38. The van der Waals surface area contributed by atoms with E-state index in [2.05, 4.69) is 16.0 Å². The standard InChI is InChI=1S/C20H23ClN4O2/c21-17-8-4-5-9-18(17)22-14-19(26)23-16-10-12-25(13-11-16)20(27)24-15-6-2-1-3-7-15/h1-9,16,22H,10-14H2,(H,23,26)(H,24,27). The van der Waals surface area contributed by atoms with E-state index in [4.69, 9.17) is 11.6 Å². The van der Waals surface area contributed by atoms with E-state index < -0.39 is 0 Å². The maximum atomic E-state index is 12.3. The topological polar surface area (TPSA) is 73.5 Å². The van der Waals surface area contributed by atoms with Crippen molar-refractivity contribution in [2.45, 2.75) is 18.9 Å². The molecule has 0 bridgehead atoms. The van der Waals surface area contributed by atoms with E-state index in [1.54, 1.807) is 11.0 Å². The molecule has 6 nitrogen and oxygen atoms in total. The van der Waals surface area contributed by atoms with Crippen molar-refractivity contribution < 1.29 is 9.59 Å². The van der Waals surface area contributed by atoms with Gasteiger partial charge in [0, 0.05) is 24.8 Å². The minimum absolute atomic E-state index is 0.0753. The molecule has 2 aromatic carbocycles. The molecule has 1 aliphatic rings. The van der Waals surface area contributed by atoms with Gasteiger partial charge in [-0.1, -0.05) is 41.9 Å². The molecule has 142 valence electrons. The number of carbonyl (C=O) groups is 2. The maximum absolute atomic E-state index is 12.3. The largest absolute Gasteiger partial charge is 0.375 e. The van der Waals surface area contributed by atoms with Crippen molar-refractivity contribution in [3.05, 3.63) is 59.6 Å². The summed E-state index contributed by atoms with van der Waals surface area (Å²) in [5.41, 5.74) is 1.52. The average Bonchev–Trinajstić information content (AvgIpc) is 2.69. The van der Waals surface area contributed by atoms with Gasteiger partial charge in [0.2, 0.25) is 5.91 Å². The highest BCUT2D eigenvalue weighted by atomic mass is 35.5. The van der Waals surface area contributed by atoms with Crippen LogP contribution in [0, 0.1) is 0 Å². The van der Waals surface area contributed by atoms with Crippen molar-refractivity contribution in [2.75, 3.05) is 30.3 Å². The van der Waals surface area contributed by atoms with E-state index >= 15 is 0 Å². The van der Waals surface area contributed by atoms with Gasteiger partial charge in [0.15, 0.2) is 0 Å². The molecule has 0 aromatic heterocycles. The number of hydrogen-bond donors (Lipinski definition) is 3. The lowest BCUT2D eigenvalue weighted by Crippen LogP contribution is -2.48. The van der Waals surface area contributed by atoms with Gasteiger partial charge in [-0.25, -0.2) is 4.79 Å². The smallest absolute Gasteiger partial charge is 0.321 e. The predicted octanol–water partition coefficient (Wildman–Crippen LogP) is 3.56. The molecule has 1 heterocycles. The van der Waals surface area contributed by atoms with Crippen LogP contribution in [0.15, 0.2) is 54.6 Å². The van der Waals surface area contributed by atoms with Gasteiger partial charge in [-0.2, -0.15) is 0 Å². The fraction of sp³-hybridized carbons (Fsp3) is 0.300. The number of carbonyl (C=O) groups excluding carboxylic acids is 2. The van der Waals surface area contributed by atoms with Crippen LogP contribution in [0.3, 0.4) is 0 Å². The third-order valence-electron chi connectivity index (χ3n) is 4.49. The number of amides is 3. The van der Waals surface area contributed by atoms with Gasteiger partial charge in [0.05, 0.1) is 17.3 Å². The van der Waals surface area contributed by atoms with Crippen molar-refractivity contribution in [2.24, 2.45) is 0 Å². The summed E-state index contributed by atoms with van der Waals surface area (Å²) in [5.74, 6) is -0.0814. The molecule has 0 spiro atoms. The second-order valence-corrected chi connectivity index (χ2v) is 6.87. The van der Waals surface area contributed by atoms with Crippen LogP contribution in [-0.4, -0.2) is 42.5 Å². The fourth-order valence-corrected chi connectivity index (χ4v) is 3.21. The first kappa shape index (κ1) is 19.0. The second-order valence-electron chi connectivity index (χ2n) is 6.46. The number of anilines is 2. The van der Waals surface area contributed by atoms with Crippen LogP contribution in [-0.2, 0) is 4.79 Å². The van der Waals surface area contributed by atoms with Crippen LogP contribution in [0.5, 0.6) is 0 Å². The van der Waals surface area contributed by atoms with Gasteiger partial charge in [-0.3, -0.25) is 4.79 Å². The SMILES string of the molecule is O=C(CNc1ccccc1Cl)NC1CCN(C(=O)Nc2ccccc2)CC1. The average molecular weight is 387 g/mol. The van der Waals surface area contributed by atoms with Crippen LogP contribution >= 0.6 is 11.6 Å². The molecule has 3 amide bonds. The van der Waals surface area contributed by atoms with Gasteiger partial charge in [0.25, 0.3) is 0 Å². The number of hydrogen-bond acceptors (Lipinski definition) is 3. The number of nitrogens with zero attached hydrogens (tertiary/aromatic N) is 1. The minimum Gasteiger partial charge on any atom is -0.375 e. The summed E-state index contributed by atoms with van der Waals surface area (Å²) in [7, 11) is 0. The van der Waals surface area contributed by atoms with Crippen LogP contribution < -0.4 is 16.0 Å². The number of piperidine rings is 1. The third kappa shape index (κ3) is 5.62. The van der Waals surface area contributed by atoms with Gasteiger partial charge in [0.1, 0.15) is 0 Å². The van der Waals surface area contributed by atoms with Crippen LogP contribution in [0.4, 0.5) is 16.2 Å². The van der Waals surface area contributed by atoms with E-state index in [-0.39, 0.29) is 24.5 Å². The zero-order valence-corrected chi connectivity index (χ0v) is 15.7. The molecule has 0 saturated carbocycles. The zero-order chi connectivity index (χ0) is 19.1. The Morgan fingerprint density at radius 1 is 1.00 bits per heavy atom. The highest BCUT2D eigenvalue weighted by Crippen LogP contribution is 2.20. The van der Waals surface area contributed by atoms with E-state index in [0.29, 0.717) is 18.1 Å². The van der Waals surface area contributed by atoms with Crippen molar-refractivity contribution in [3.8, 4) is 0 Å². The zero-order valence-electron chi connectivity index (χ0n) is 15.0. The highest BCUT2D eigenvalue weighted by molar-refractivity contribution is 6.33. The van der Waals surface area contributed by atoms with Crippen molar-refractivity contribution in [1.82, 2.24) is 10.2 Å². The van der Waals surface area contributed by atoms with Crippen LogP contribution in [0.2, 0.25) is 5.02 Å².